The number of nitrogens with zero attached hydrogens (tertiary/aromatic N) is 2. The Kier molecular flexibility index (Phi) is 3.38. The lowest BCUT2D eigenvalue weighted by molar-refractivity contribution is 0.0794. The molecule has 2 rings (SSSR count). The fourth-order valence-corrected chi connectivity index (χ4v) is 1.77. The Balaban J connectivity index is 2.05. The van der Waals surface area contributed by atoms with E-state index in [9.17, 15) is 5.11 Å². The van der Waals surface area contributed by atoms with Crippen LogP contribution in [0, 0.1) is 0 Å². The van der Waals surface area contributed by atoms with Crippen molar-refractivity contribution in [2.45, 2.75) is 26.0 Å². The van der Waals surface area contributed by atoms with E-state index in [-0.39, 0.29) is 0 Å². The monoisotopic (exact) mass is 253 g/mol. The number of pyridine rings is 1. The maximum atomic E-state index is 9.57. The van der Waals surface area contributed by atoms with Gasteiger partial charge in [-0.3, -0.25) is 0 Å². The van der Waals surface area contributed by atoms with E-state index >= 15 is 0 Å². The highest BCUT2D eigenvalue weighted by molar-refractivity contribution is 6.30. The fraction of sp³-hybridized carbons (Fsp3) is 0.417. The molecule has 0 spiro atoms. The molecular formula is C12H16ClN3O. The molecule has 5 heteroatoms. The minimum atomic E-state index is -0.706. The molecule has 2 aromatic rings. The molecule has 0 aromatic carbocycles. The van der Waals surface area contributed by atoms with Gasteiger partial charge in [0.25, 0.3) is 0 Å². The van der Waals surface area contributed by atoms with Crippen molar-refractivity contribution < 1.29 is 5.11 Å². The third-order valence-corrected chi connectivity index (χ3v) is 2.55. The van der Waals surface area contributed by atoms with Crippen LogP contribution in [-0.2, 0) is 6.54 Å². The summed E-state index contributed by atoms with van der Waals surface area (Å²) >= 11 is 5.89. The molecule has 0 amide bonds. The topological polar surface area (TPSA) is 49.6 Å². The highest BCUT2D eigenvalue weighted by Crippen LogP contribution is 2.11. The molecule has 0 radical (unpaired) electrons. The Morgan fingerprint density at radius 1 is 1.41 bits per heavy atom. The molecule has 0 aliphatic rings. The van der Waals surface area contributed by atoms with E-state index in [0.717, 1.165) is 11.3 Å². The van der Waals surface area contributed by atoms with Gasteiger partial charge in [-0.05, 0) is 26.0 Å². The molecule has 0 atom stereocenters. The summed E-state index contributed by atoms with van der Waals surface area (Å²) in [5, 5.41) is 13.4. The predicted octanol–water partition coefficient (Wildman–Crippen LogP) is 1.85. The van der Waals surface area contributed by atoms with E-state index in [1.807, 2.05) is 28.9 Å². The normalized spacial score (nSPS) is 12.2. The van der Waals surface area contributed by atoms with Gasteiger partial charge in [0.1, 0.15) is 5.65 Å². The lowest BCUT2D eigenvalue weighted by Crippen LogP contribution is -2.34. The molecule has 4 nitrogen and oxygen atoms in total. The Hall–Kier alpha value is -1.10. The molecule has 0 unspecified atom stereocenters. The number of fused-ring (bicyclic) bond motifs is 1. The molecule has 92 valence electrons. The Morgan fingerprint density at radius 3 is 2.88 bits per heavy atom. The Bertz CT molecular complexity index is 516. The van der Waals surface area contributed by atoms with Gasteiger partial charge in [-0.15, -0.1) is 0 Å². The van der Waals surface area contributed by atoms with Gasteiger partial charge in [0.15, 0.2) is 0 Å². The zero-order chi connectivity index (χ0) is 12.5. The number of nitrogens with one attached hydrogen (secondary N) is 1. The van der Waals surface area contributed by atoms with Crippen LogP contribution in [0.25, 0.3) is 5.65 Å². The summed E-state index contributed by atoms with van der Waals surface area (Å²) in [6, 6.07) is 3.69. The van der Waals surface area contributed by atoms with E-state index in [4.69, 9.17) is 11.6 Å². The second-order valence-corrected chi connectivity index (χ2v) is 5.20. The maximum Gasteiger partial charge on any atom is 0.137 e. The third kappa shape index (κ3) is 3.43. The maximum absolute atomic E-state index is 9.57. The first-order valence-corrected chi connectivity index (χ1v) is 5.88. The average molecular weight is 254 g/mol. The molecule has 0 fully saturated rings. The number of hydrogen-bond donors (Lipinski definition) is 2. The summed E-state index contributed by atoms with van der Waals surface area (Å²) in [5.74, 6) is 0. The van der Waals surface area contributed by atoms with Gasteiger partial charge in [0, 0.05) is 25.5 Å². The van der Waals surface area contributed by atoms with Gasteiger partial charge in [0.2, 0.25) is 0 Å². The van der Waals surface area contributed by atoms with Crippen LogP contribution in [-0.4, -0.2) is 26.6 Å². The van der Waals surface area contributed by atoms with Crippen LogP contribution < -0.4 is 5.32 Å². The quantitative estimate of drug-likeness (QED) is 0.874. The smallest absolute Gasteiger partial charge is 0.137 e. The Morgan fingerprint density at radius 2 is 2.18 bits per heavy atom. The van der Waals surface area contributed by atoms with E-state index in [0.29, 0.717) is 18.1 Å². The minimum Gasteiger partial charge on any atom is -0.389 e. The largest absolute Gasteiger partial charge is 0.389 e. The first kappa shape index (κ1) is 12.4. The van der Waals surface area contributed by atoms with Crippen molar-refractivity contribution in [1.82, 2.24) is 14.7 Å². The molecule has 0 saturated heterocycles. The highest BCUT2D eigenvalue weighted by atomic mass is 35.5. The summed E-state index contributed by atoms with van der Waals surface area (Å²) < 4.78 is 1.89. The lowest BCUT2D eigenvalue weighted by Gasteiger charge is -2.16. The van der Waals surface area contributed by atoms with Crippen LogP contribution in [0.15, 0.2) is 24.5 Å². The molecule has 17 heavy (non-hydrogen) atoms. The summed E-state index contributed by atoms with van der Waals surface area (Å²) in [7, 11) is 0. The highest BCUT2D eigenvalue weighted by Gasteiger charge is 2.11. The van der Waals surface area contributed by atoms with Crippen molar-refractivity contribution in [2.75, 3.05) is 6.54 Å². The van der Waals surface area contributed by atoms with Crippen LogP contribution in [0.4, 0.5) is 0 Å². The molecule has 2 aromatic heterocycles. The van der Waals surface area contributed by atoms with Gasteiger partial charge in [-0.1, -0.05) is 11.6 Å². The number of rotatable bonds is 4. The minimum absolute atomic E-state index is 0.529. The SMILES string of the molecule is CC(C)(O)CNCc1cn2cc(Cl)ccc2n1. The standard InChI is InChI=1S/C12H16ClN3O/c1-12(2,17)8-14-5-10-7-16-6-9(13)3-4-11(16)15-10/h3-4,6-7,14,17H,5,8H2,1-2H3. The van der Waals surface area contributed by atoms with Crippen LogP contribution in [0.5, 0.6) is 0 Å². The first-order valence-electron chi connectivity index (χ1n) is 5.50. The van der Waals surface area contributed by atoms with Gasteiger partial charge >= 0.3 is 0 Å². The zero-order valence-corrected chi connectivity index (χ0v) is 10.7. The van der Waals surface area contributed by atoms with Crippen LogP contribution in [0.3, 0.4) is 0 Å². The van der Waals surface area contributed by atoms with Crippen molar-refractivity contribution in [1.29, 1.82) is 0 Å². The molecule has 2 heterocycles. The fourth-order valence-electron chi connectivity index (χ4n) is 1.60. The molecule has 0 saturated carbocycles. The summed E-state index contributed by atoms with van der Waals surface area (Å²) in [6.07, 6.45) is 3.75. The Labute approximate surface area is 105 Å². The number of imidazole rings is 1. The van der Waals surface area contributed by atoms with Gasteiger partial charge in [-0.2, -0.15) is 0 Å². The van der Waals surface area contributed by atoms with E-state index in [1.165, 1.54) is 0 Å². The first-order chi connectivity index (χ1) is 7.94. The second kappa shape index (κ2) is 4.64. The van der Waals surface area contributed by atoms with Crippen molar-refractivity contribution >= 4 is 17.2 Å². The third-order valence-electron chi connectivity index (χ3n) is 2.33. The van der Waals surface area contributed by atoms with E-state index in [2.05, 4.69) is 10.3 Å². The molecule has 0 aliphatic carbocycles. The van der Waals surface area contributed by atoms with Crippen LogP contribution >= 0.6 is 11.6 Å². The summed E-state index contributed by atoms with van der Waals surface area (Å²) in [4.78, 5) is 4.43. The lowest BCUT2D eigenvalue weighted by atomic mass is 10.1. The van der Waals surface area contributed by atoms with Gasteiger partial charge < -0.3 is 14.8 Å². The molecule has 0 bridgehead atoms. The zero-order valence-electron chi connectivity index (χ0n) is 9.94. The predicted molar refractivity (Wildman–Crippen MR) is 68.2 cm³/mol. The number of halogens is 1. The summed E-state index contributed by atoms with van der Waals surface area (Å²) in [6.45, 7) is 4.69. The second-order valence-electron chi connectivity index (χ2n) is 4.76. The number of hydrogen-bond acceptors (Lipinski definition) is 3. The van der Waals surface area contributed by atoms with E-state index < -0.39 is 5.60 Å². The molecule has 0 aliphatic heterocycles. The van der Waals surface area contributed by atoms with Crippen molar-refractivity contribution in [3.63, 3.8) is 0 Å². The van der Waals surface area contributed by atoms with E-state index in [1.54, 1.807) is 13.8 Å². The number of aromatic nitrogens is 2. The average Bonchev–Trinajstić information content (AvgIpc) is 2.57. The molecule has 2 N–H and O–H groups in total. The van der Waals surface area contributed by atoms with Crippen molar-refractivity contribution in [2.24, 2.45) is 0 Å². The number of aliphatic hydroxyl groups is 1. The van der Waals surface area contributed by atoms with Crippen LogP contribution in [0.2, 0.25) is 5.02 Å². The summed E-state index contributed by atoms with van der Waals surface area (Å²) in [5.41, 5.74) is 1.09. The van der Waals surface area contributed by atoms with Gasteiger partial charge in [-0.25, -0.2) is 4.98 Å². The van der Waals surface area contributed by atoms with Gasteiger partial charge in [0.05, 0.1) is 16.3 Å². The van der Waals surface area contributed by atoms with Crippen LogP contribution in [0.1, 0.15) is 19.5 Å². The molecular weight excluding hydrogens is 238 g/mol. The van der Waals surface area contributed by atoms with Crippen molar-refractivity contribution in [3.05, 3.63) is 35.2 Å². The van der Waals surface area contributed by atoms with Crippen molar-refractivity contribution in [3.8, 4) is 0 Å².